The Morgan fingerprint density at radius 3 is 3.07 bits per heavy atom. The third-order valence-corrected chi connectivity index (χ3v) is 2.26. The van der Waals surface area contributed by atoms with E-state index in [1.807, 2.05) is 0 Å². The number of aromatic hydroxyl groups is 1. The maximum absolute atomic E-state index is 11.1. The van der Waals surface area contributed by atoms with Crippen LogP contribution in [0.5, 0.6) is 11.5 Å². The van der Waals surface area contributed by atoms with Crippen LogP contribution in [-0.2, 0) is 11.2 Å². The Hall–Kier alpha value is -1.97. The molecular formula is C10H6O4. The lowest BCUT2D eigenvalue weighted by atomic mass is 10.1. The molecule has 1 aromatic carbocycles. The van der Waals surface area contributed by atoms with Gasteiger partial charge in [-0.15, -0.1) is 0 Å². The summed E-state index contributed by atoms with van der Waals surface area (Å²) in [7, 11) is 0. The first-order chi connectivity index (χ1) is 6.74. The molecule has 2 aromatic rings. The minimum absolute atomic E-state index is 0.0306. The highest BCUT2D eigenvalue weighted by molar-refractivity contribution is 5.96. The van der Waals surface area contributed by atoms with E-state index < -0.39 is 0 Å². The molecule has 0 aliphatic carbocycles. The smallest absolute Gasteiger partial charge is 0.315 e. The molecule has 0 amide bonds. The first-order valence-corrected chi connectivity index (χ1v) is 4.18. The van der Waals surface area contributed by atoms with Crippen molar-refractivity contribution < 1.29 is 19.1 Å². The number of carbonyl (C=O) groups excluding carboxylic acids is 1. The van der Waals surface area contributed by atoms with Crippen molar-refractivity contribution in [2.45, 2.75) is 6.42 Å². The molecule has 0 spiro atoms. The third-order valence-electron chi connectivity index (χ3n) is 2.26. The fourth-order valence-corrected chi connectivity index (χ4v) is 1.70. The van der Waals surface area contributed by atoms with Crippen LogP contribution in [0.2, 0.25) is 0 Å². The zero-order valence-electron chi connectivity index (χ0n) is 7.11. The van der Waals surface area contributed by atoms with E-state index in [9.17, 15) is 9.90 Å². The number of esters is 1. The summed E-state index contributed by atoms with van der Waals surface area (Å²) < 4.78 is 10.2. The normalized spacial score (nSPS) is 14.4. The zero-order chi connectivity index (χ0) is 9.71. The second-order valence-corrected chi connectivity index (χ2v) is 3.23. The number of rotatable bonds is 0. The molecule has 0 fully saturated rings. The van der Waals surface area contributed by atoms with E-state index >= 15 is 0 Å². The van der Waals surface area contributed by atoms with E-state index in [2.05, 4.69) is 0 Å². The molecule has 0 radical (unpaired) electrons. The van der Waals surface area contributed by atoms with E-state index in [0.717, 1.165) is 10.9 Å². The molecule has 2 heterocycles. The van der Waals surface area contributed by atoms with E-state index in [0.29, 0.717) is 11.3 Å². The van der Waals surface area contributed by atoms with Crippen LogP contribution in [0.1, 0.15) is 5.56 Å². The summed E-state index contributed by atoms with van der Waals surface area (Å²) in [5.41, 5.74) is 1.36. The Morgan fingerprint density at radius 2 is 2.21 bits per heavy atom. The molecule has 1 N–H and O–H groups in total. The average molecular weight is 190 g/mol. The van der Waals surface area contributed by atoms with Gasteiger partial charge in [0.2, 0.25) is 0 Å². The number of furan rings is 1. The first-order valence-electron chi connectivity index (χ1n) is 4.18. The summed E-state index contributed by atoms with van der Waals surface area (Å²) in [5, 5.41) is 10.1. The van der Waals surface area contributed by atoms with Gasteiger partial charge >= 0.3 is 5.97 Å². The third kappa shape index (κ3) is 0.849. The molecule has 1 aliphatic heterocycles. The Balaban J connectivity index is 2.43. The molecule has 0 atom stereocenters. The van der Waals surface area contributed by atoms with E-state index in [1.165, 1.54) is 18.4 Å². The number of hydrogen-bond donors (Lipinski definition) is 1. The second kappa shape index (κ2) is 2.29. The molecule has 0 saturated heterocycles. The molecule has 14 heavy (non-hydrogen) atoms. The number of benzene rings is 1. The van der Waals surface area contributed by atoms with Gasteiger partial charge in [0, 0.05) is 17.7 Å². The Bertz CT molecular complexity index is 538. The summed E-state index contributed by atoms with van der Waals surface area (Å²) in [6.45, 7) is 0. The molecule has 1 aliphatic rings. The molecule has 3 rings (SSSR count). The van der Waals surface area contributed by atoms with Crippen molar-refractivity contribution in [2.24, 2.45) is 0 Å². The predicted molar refractivity (Wildman–Crippen MR) is 47.2 cm³/mol. The average Bonchev–Trinajstić information content (AvgIpc) is 2.48. The van der Waals surface area contributed by atoms with Crippen LogP contribution in [0.15, 0.2) is 22.8 Å². The van der Waals surface area contributed by atoms with Crippen molar-refractivity contribution in [1.29, 1.82) is 0 Å². The molecule has 0 unspecified atom stereocenters. The molecule has 4 nitrogen and oxygen atoms in total. The van der Waals surface area contributed by atoms with Crippen molar-refractivity contribution in [3.05, 3.63) is 24.0 Å². The van der Waals surface area contributed by atoms with E-state index in [1.54, 1.807) is 0 Å². The maximum Gasteiger partial charge on any atom is 0.315 e. The van der Waals surface area contributed by atoms with Crippen molar-refractivity contribution in [3.8, 4) is 11.5 Å². The minimum atomic E-state index is -0.328. The minimum Gasteiger partial charge on any atom is -0.508 e. The van der Waals surface area contributed by atoms with E-state index in [4.69, 9.17) is 9.15 Å². The van der Waals surface area contributed by atoms with Gasteiger partial charge in [-0.2, -0.15) is 0 Å². The van der Waals surface area contributed by atoms with Crippen molar-refractivity contribution >= 4 is 16.9 Å². The number of phenolic OH excluding ortho intramolecular Hbond substituents is 1. The van der Waals surface area contributed by atoms with Gasteiger partial charge in [0.05, 0.1) is 18.1 Å². The Labute approximate surface area is 78.7 Å². The van der Waals surface area contributed by atoms with Gasteiger partial charge in [-0.25, -0.2) is 0 Å². The highest BCUT2D eigenvalue weighted by Crippen LogP contribution is 2.37. The largest absolute Gasteiger partial charge is 0.508 e. The summed E-state index contributed by atoms with van der Waals surface area (Å²) in [4.78, 5) is 11.1. The van der Waals surface area contributed by atoms with Crippen LogP contribution >= 0.6 is 0 Å². The summed E-state index contributed by atoms with van der Waals surface area (Å²) in [5.74, 6) is 0.0777. The highest BCUT2D eigenvalue weighted by atomic mass is 16.5. The monoisotopic (exact) mass is 190 g/mol. The summed E-state index contributed by atoms with van der Waals surface area (Å²) >= 11 is 0. The van der Waals surface area contributed by atoms with Crippen molar-refractivity contribution in [2.75, 3.05) is 0 Å². The lowest BCUT2D eigenvalue weighted by Crippen LogP contribution is -2.14. The molecule has 4 heteroatoms. The maximum atomic E-state index is 11.1. The number of hydrogen-bond acceptors (Lipinski definition) is 4. The first kappa shape index (κ1) is 7.44. The van der Waals surface area contributed by atoms with Crippen LogP contribution < -0.4 is 4.74 Å². The van der Waals surface area contributed by atoms with Crippen molar-refractivity contribution in [3.63, 3.8) is 0 Å². The van der Waals surface area contributed by atoms with Gasteiger partial charge in [-0.05, 0) is 0 Å². The van der Waals surface area contributed by atoms with Gasteiger partial charge in [-0.1, -0.05) is 0 Å². The standard InChI is InChI=1S/C10H6O4/c11-6-2-7-10-5(4-13-7)1-9(12)14-8(10)3-6/h2-4,11H,1H2. The Morgan fingerprint density at radius 1 is 1.36 bits per heavy atom. The number of phenols is 1. The molecule has 0 saturated carbocycles. The Kier molecular flexibility index (Phi) is 1.21. The SMILES string of the molecule is O=C1Cc2coc3cc(O)cc(c23)O1. The van der Waals surface area contributed by atoms with Crippen LogP contribution in [0, 0.1) is 0 Å². The lowest BCUT2D eigenvalue weighted by Gasteiger charge is -2.11. The van der Waals surface area contributed by atoms with Crippen LogP contribution in [0.3, 0.4) is 0 Å². The second-order valence-electron chi connectivity index (χ2n) is 3.23. The quantitative estimate of drug-likeness (QED) is 0.506. The molecule has 70 valence electrons. The van der Waals surface area contributed by atoms with Gasteiger partial charge in [0.15, 0.2) is 0 Å². The fraction of sp³-hybridized carbons (Fsp3) is 0.100. The summed E-state index contributed by atoms with van der Waals surface area (Å²) in [6.07, 6.45) is 1.75. The zero-order valence-corrected chi connectivity index (χ0v) is 7.11. The van der Waals surface area contributed by atoms with E-state index in [-0.39, 0.29) is 18.1 Å². The van der Waals surface area contributed by atoms with Crippen LogP contribution in [-0.4, -0.2) is 11.1 Å². The van der Waals surface area contributed by atoms with Crippen molar-refractivity contribution in [1.82, 2.24) is 0 Å². The fourth-order valence-electron chi connectivity index (χ4n) is 1.70. The number of ether oxygens (including phenoxy) is 1. The van der Waals surface area contributed by atoms with Gasteiger partial charge in [-0.3, -0.25) is 4.79 Å². The van der Waals surface area contributed by atoms with Gasteiger partial charge in [0.25, 0.3) is 0 Å². The number of carbonyl (C=O) groups is 1. The lowest BCUT2D eigenvalue weighted by molar-refractivity contribution is -0.133. The topological polar surface area (TPSA) is 59.7 Å². The summed E-state index contributed by atoms with van der Waals surface area (Å²) in [6, 6.07) is 2.92. The van der Waals surface area contributed by atoms with Gasteiger partial charge < -0.3 is 14.3 Å². The molecular weight excluding hydrogens is 184 g/mol. The molecule has 1 aromatic heterocycles. The predicted octanol–water partition coefficient (Wildman–Crippen LogP) is 1.60. The highest BCUT2D eigenvalue weighted by Gasteiger charge is 2.22. The van der Waals surface area contributed by atoms with Gasteiger partial charge in [0.1, 0.15) is 17.1 Å². The van der Waals surface area contributed by atoms with Crippen LogP contribution in [0.25, 0.3) is 11.0 Å². The van der Waals surface area contributed by atoms with Crippen LogP contribution in [0.4, 0.5) is 0 Å². The molecule has 0 bridgehead atoms.